The zero-order chi connectivity index (χ0) is 10.9. The second-order valence-corrected chi connectivity index (χ2v) is 5.09. The van der Waals surface area contributed by atoms with Crippen LogP contribution < -0.4 is 5.32 Å². The Kier molecular flexibility index (Phi) is 2.68. The molecule has 1 N–H and O–H groups in total. The predicted molar refractivity (Wildman–Crippen MR) is 64.0 cm³/mol. The number of nitrogens with one attached hydrogen (secondary N) is 1. The standard InChI is InChI=1S/C13H20N2/c1-10(2)13(5-6-13)9-15-12-8-11(3)4-7-14-12/h4,7-8,10H,5-6,9H2,1-3H3,(H,14,15). The van der Waals surface area contributed by atoms with E-state index in [4.69, 9.17) is 0 Å². The molecule has 15 heavy (non-hydrogen) atoms. The summed E-state index contributed by atoms with van der Waals surface area (Å²) in [4.78, 5) is 4.32. The van der Waals surface area contributed by atoms with Crippen molar-refractivity contribution in [1.82, 2.24) is 4.98 Å². The number of hydrogen-bond donors (Lipinski definition) is 1. The fraction of sp³-hybridized carbons (Fsp3) is 0.615. The Labute approximate surface area is 92.1 Å². The highest BCUT2D eigenvalue weighted by Crippen LogP contribution is 2.51. The van der Waals surface area contributed by atoms with E-state index in [1.54, 1.807) is 0 Å². The first kappa shape index (κ1) is 10.5. The third-order valence-corrected chi connectivity index (χ3v) is 3.65. The molecule has 1 aliphatic carbocycles. The molecule has 2 nitrogen and oxygen atoms in total. The van der Waals surface area contributed by atoms with Crippen LogP contribution in [-0.2, 0) is 0 Å². The topological polar surface area (TPSA) is 24.9 Å². The Morgan fingerprint density at radius 2 is 2.20 bits per heavy atom. The maximum Gasteiger partial charge on any atom is 0.126 e. The van der Waals surface area contributed by atoms with E-state index in [1.807, 2.05) is 12.3 Å². The molecule has 0 atom stereocenters. The molecular weight excluding hydrogens is 184 g/mol. The van der Waals surface area contributed by atoms with Gasteiger partial charge in [0.1, 0.15) is 5.82 Å². The van der Waals surface area contributed by atoms with Crippen LogP contribution in [0.3, 0.4) is 0 Å². The van der Waals surface area contributed by atoms with Gasteiger partial charge >= 0.3 is 0 Å². The lowest BCUT2D eigenvalue weighted by atomic mass is 9.92. The van der Waals surface area contributed by atoms with E-state index in [9.17, 15) is 0 Å². The lowest BCUT2D eigenvalue weighted by Crippen LogP contribution is -2.21. The minimum atomic E-state index is 0.547. The molecule has 2 rings (SSSR count). The Bertz CT molecular complexity index is 340. The molecule has 0 aromatic carbocycles. The summed E-state index contributed by atoms with van der Waals surface area (Å²) in [5.74, 6) is 1.79. The average molecular weight is 204 g/mol. The summed E-state index contributed by atoms with van der Waals surface area (Å²) in [6.07, 6.45) is 4.60. The highest BCUT2D eigenvalue weighted by atomic mass is 15.0. The van der Waals surface area contributed by atoms with Crippen LogP contribution in [0.1, 0.15) is 32.3 Å². The van der Waals surface area contributed by atoms with Crippen molar-refractivity contribution in [2.75, 3.05) is 11.9 Å². The summed E-state index contributed by atoms with van der Waals surface area (Å²) in [5, 5.41) is 3.46. The van der Waals surface area contributed by atoms with Crippen LogP contribution >= 0.6 is 0 Å². The van der Waals surface area contributed by atoms with Crippen molar-refractivity contribution < 1.29 is 0 Å². The van der Waals surface area contributed by atoms with Gasteiger partial charge in [-0.1, -0.05) is 13.8 Å². The molecule has 0 bridgehead atoms. The summed E-state index contributed by atoms with van der Waals surface area (Å²) in [6.45, 7) is 7.81. The van der Waals surface area contributed by atoms with Crippen molar-refractivity contribution in [3.05, 3.63) is 23.9 Å². The number of nitrogens with zero attached hydrogens (tertiary/aromatic N) is 1. The van der Waals surface area contributed by atoms with Crippen LogP contribution in [0.15, 0.2) is 18.3 Å². The largest absolute Gasteiger partial charge is 0.370 e. The lowest BCUT2D eigenvalue weighted by molar-refractivity contribution is 0.380. The summed E-state index contributed by atoms with van der Waals surface area (Å²) < 4.78 is 0. The second-order valence-electron chi connectivity index (χ2n) is 5.09. The third-order valence-electron chi connectivity index (χ3n) is 3.65. The molecule has 0 unspecified atom stereocenters. The molecule has 1 fully saturated rings. The summed E-state index contributed by atoms with van der Waals surface area (Å²) in [7, 11) is 0. The van der Waals surface area contributed by atoms with Crippen LogP contribution in [0.4, 0.5) is 5.82 Å². The van der Waals surface area contributed by atoms with E-state index < -0.39 is 0 Å². The first-order valence-electron chi connectivity index (χ1n) is 5.79. The maximum absolute atomic E-state index is 4.32. The zero-order valence-corrected chi connectivity index (χ0v) is 9.88. The monoisotopic (exact) mass is 204 g/mol. The van der Waals surface area contributed by atoms with E-state index in [0.29, 0.717) is 5.41 Å². The van der Waals surface area contributed by atoms with Gasteiger partial charge in [-0.15, -0.1) is 0 Å². The summed E-state index contributed by atoms with van der Waals surface area (Å²) in [5.41, 5.74) is 1.81. The van der Waals surface area contributed by atoms with Crippen molar-refractivity contribution in [2.24, 2.45) is 11.3 Å². The van der Waals surface area contributed by atoms with Crippen molar-refractivity contribution in [2.45, 2.75) is 33.6 Å². The van der Waals surface area contributed by atoms with Gasteiger partial charge in [-0.05, 0) is 48.8 Å². The maximum atomic E-state index is 4.32. The minimum Gasteiger partial charge on any atom is -0.370 e. The number of aromatic nitrogens is 1. The van der Waals surface area contributed by atoms with Crippen LogP contribution in [0, 0.1) is 18.3 Å². The van der Waals surface area contributed by atoms with E-state index in [1.165, 1.54) is 18.4 Å². The van der Waals surface area contributed by atoms with Crippen LogP contribution in [-0.4, -0.2) is 11.5 Å². The van der Waals surface area contributed by atoms with Gasteiger partial charge in [0.05, 0.1) is 0 Å². The molecule has 0 spiro atoms. The second kappa shape index (κ2) is 3.84. The third kappa shape index (κ3) is 2.31. The highest BCUT2D eigenvalue weighted by molar-refractivity contribution is 5.37. The number of hydrogen-bond acceptors (Lipinski definition) is 2. The molecule has 1 aromatic heterocycles. The van der Waals surface area contributed by atoms with Crippen molar-refractivity contribution >= 4 is 5.82 Å². The van der Waals surface area contributed by atoms with Crippen LogP contribution in [0.25, 0.3) is 0 Å². The molecule has 2 heteroatoms. The Balaban J connectivity index is 1.94. The predicted octanol–water partition coefficient (Wildman–Crippen LogP) is 3.24. The van der Waals surface area contributed by atoms with Gasteiger partial charge in [0.25, 0.3) is 0 Å². The normalized spacial score (nSPS) is 17.9. The first-order valence-corrected chi connectivity index (χ1v) is 5.79. The SMILES string of the molecule is Cc1ccnc(NCC2(C(C)C)CC2)c1. The van der Waals surface area contributed by atoms with Crippen LogP contribution in [0.2, 0.25) is 0 Å². The van der Waals surface area contributed by atoms with Gasteiger partial charge < -0.3 is 5.32 Å². The Hall–Kier alpha value is -1.05. The van der Waals surface area contributed by atoms with Gasteiger partial charge in [0.15, 0.2) is 0 Å². The van der Waals surface area contributed by atoms with Gasteiger partial charge in [0.2, 0.25) is 0 Å². The molecule has 1 aliphatic rings. The van der Waals surface area contributed by atoms with E-state index in [2.05, 4.69) is 37.1 Å². The van der Waals surface area contributed by atoms with Crippen molar-refractivity contribution in [3.8, 4) is 0 Å². The van der Waals surface area contributed by atoms with Gasteiger partial charge in [-0.3, -0.25) is 0 Å². The first-order chi connectivity index (χ1) is 7.12. The van der Waals surface area contributed by atoms with E-state index >= 15 is 0 Å². The Morgan fingerprint density at radius 3 is 2.73 bits per heavy atom. The molecular formula is C13H20N2. The molecule has 0 radical (unpaired) electrons. The van der Waals surface area contributed by atoms with E-state index in [-0.39, 0.29) is 0 Å². The molecule has 0 amide bonds. The molecule has 1 heterocycles. The van der Waals surface area contributed by atoms with Crippen molar-refractivity contribution in [3.63, 3.8) is 0 Å². The highest BCUT2D eigenvalue weighted by Gasteiger charge is 2.44. The summed E-state index contributed by atoms with van der Waals surface area (Å²) >= 11 is 0. The summed E-state index contributed by atoms with van der Waals surface area (Å²) in [6, 6.07) is 4.14. The number of rotatable bonds is 4. The average Bonchev–Trinajstić information content (AvgIpc) is 2.96. The fourth-order valence-corrected chi connectivity index (χ4v) is 2.02. The molecule has 0 aliphatic heterocycles. The minimum absolute atomic E-state index is 0.547. The van der Waals surface area contributed by atoms with Gasteiger partial charge in [-0.2, -0.15) is 0 Å². The van der Waals surface area contributed by atoms with E-state index in [0.717, 1.165) is 18.3 Å². The smallest absolute Gasteiger partial charge is 0.126 e. The molecule has 1 aromatic rings. The number of anilines is 1. The van der Waals surface area contributed by atoms with Gasteiger partial charge in [0, 0.05) is 12.7 Å². The Morgan fingerprint density at radius 1 is 1.47 bits per heavy atom. The van der Waals surface area contributed by atoms with Crippen molar-refractivity contribution in [1.29, 1.82) is 0 Å². The van der Waals surface area contributed by atoms with Crippen LogP contribution in [0.5, 0.6) is 0 Å². The fourth-order valence-electron chi connectivity index (χ4n) is 2.02. The number of pyridine rings is 1. The molecule has 82 valence electrons. The quantitative estimate of drug-likeness (QED) is 0.814. The lowest BCUT2D eigenvalue weighted by Gasteiger charge is -2.20. The molecule has 0 saturated heterocycles. The number of aryl methyl sites for hydroxylation is 1. The van der Waals surface area contributed by atoms with Gasteiger partial charge in [-0.25, -0.2) is 4.98 Å². The molecule has 1 saturated carbocycles. The zero-order valence-electron chi connectivity index (χ0n) is 9.88.